The number of benzene rings is 2. The number of carbonyl (C=O) groups is 4. The molecule has 2 amide bonds. The highest BCUT2D eigenvalue weighted by Gasteiger charge is 2.20. The van der Waals surface area contributed by atoms with E-state index in [1.165, 1.54) is 13.8 Å². The highest BCUT2D eigenvalue weighted by molar-refractivity contribution is 6.04. The van der Waals surface area contributed by atoms with E-state index < -0.39 is 18.0 Å². The number of esters is 1. The van der Waals surface area contributed by atoms with Crippen molar-refractivity contribution < 1.29 is 23.9 Å². The summed E-state index contributed by atoms with van der Waals surface area (Å²) in [5.74, 6) is -1.63. The van der Waals surface area contributed by atoms with Gasteiger partial charge in [-0.15, -0.1) is 0 Å². The van der Waals surface area contributed by atoms with Crippen molar-refractivity contribution >= 4 is 29.3 Å². The number of ketones is 1. The first-order valence-electron chi connectivity index (χ1n) is 10.5. The second kappa shape index (κ2) is 10.7. The number of nitrogens with one attached hydrogen (secondary N) is 2. The van der Waals surface area contributed by atoms with Gasteiger partial charge in [-0.25, -0.2) is 0 Å². The van der Waals surface area contributed by atoms with Crippen LogP contribution in [0.1, 0.15) is 67.3 Å². The number of carbonyl (C=O) groups excluding carboxylic acids is 4. The van der Waals surface area contributed by atoms with Gasteiger partial charge in [0.2, 0.25) is 0 Å². The van der Waals surface area contributed by atoms with Crippen LogP contribution in [-0.4, -0.2) is 36.2 Å². The second-order valence-corrected chi connectivity index (χ2v) is 8.56. The van der Waals surface area contributed by atoms with Crippen LogP contribution >= 0.6 is 0 Å². The Balaban J connectivity index is 1.80. The lowest BCUT2D eigenvalue weighted by Gasteiger charge is -2.19. The number of hydrogen-bond donors (Lipinski definition) is 2. The second-order valence-electron chi connectivity index (χ2n) is 8.56. The molecule has 0 aliphatic heterocycles. The monoisotopic (exact) mass is 438 g/mol. The first-order chi connectivity index (χ1) is 15.0. The number of amides is 2. The molecule has 2 aromatic rings. The Bertz CT molecular complexity index is 990. The maximum Gasteiger partial charge on any atom is 0.308 e. The van der Waals surface area contributed by atoms with Crippen LogP contribution in [0.4, 0.5) is 5.69 Å². The van der Waals surface area contributed by atoms with Crippen LogP contribution in [-0.2, 0) is 19.7 Å². The summed E-state index contributed by atoms with van der Waals surface area (Å²) in [5.41, 5.74) is 2.35. The molecule has 2 rings (SSSR count). The first-order valence-corrected chi connectivity index (χ1v) is 10.5. The molecule has 2 aromatic carbocycles. The molecule has 32 heavy (non-hydrogen) atoms. The first kappa shape index (κ1) is 24.8. The predicted octanol–water partition coefficient (Wildman–Crippen LogP) is 3.88. The minimum Gasteiger partial charge on any atom is -0.452 e. The summed E-state index contributed by atoms with van der Waals surface area (Å²) in [7, 11) is 0. The van der Waals surface area contributed by atoms with Crippen LogP contribution < -0.4 is 10.6 Å². The Hall–Kier alpha value is -3.48. The van der Waals surface area contributed by atoms with Crippen LogP contribution in [0.25, 0.3) is 0 Å². The Morgan fingerprint density at radius 2 is 1.59 bits per heavy atom. The van der Waals surface area contributed by atoms with E-state index in [-0.39, 0.29) is 30.1 Å². The van der Waals surface area contributed by atoms with Crippen molar-refractivity contribution in [3.8, 4) is 0 Å². The smallest absolute Gasteiger partial charge is 0.308 e. The van der Waals surface area contributed by atoms with E-state index >= 15 is 0 Å². The number of hydrogen-bond acceptors (Lipinski definition) is 5. The molecule has 7 nitrogen and oxygen atoms in total. The normalized spacial score (nSPS) is 11.9. The molecule has 2 N–H and O–H groups in total. The molecular formula is C25H30N2O5. The van der Waals surface area contributed by atoms with Crippen LogP contribution in [0.3, 0.4) is 0 Å². The Morgan fingerprint density at radius 1 is 0.969 bits per heavy atom. The molecular weight excluding hydrogens is 408 g/mol. The Kier molecular flexibility index (Phi) is 8.29. The van der Waals surface area contributed by atoms with E-state index in [2.05, 4.69) is 31.4 Å². The summed E-state index contributed by atoms with van der Waals surface area (Å²) in [5, 5.41) is 5.27. The quantitative estimate of drug-likeness (QED) is 0.481. The number of rotatable bonds is 8. The zero-order valence-corrected chi connectivity index (χ0v) is 19.2. The van der Waals surface area contributed by atoms with E-state index in [0.29, 0.717) is 16.8 Å². The van der Waals surface area contributed by atoms with Crippen molar-refractivity contribution in [1.82, 2.24) is 5.32 Å². The summed E-state index contributed by atoms with van der Waals surface area (Å²) >= 11 is 0. The van der Waals surface area contributed by atoms with Crippen molar-refractivity contribution in [2.45, 2.75) is 52.6 Å². The summed E-state index contributed by atoms with van der Waals surface area (Å²) in [6.07, 6.45) is -1.13. The molecule has 1 unspecified atom stereocenters. The fourth-order valence-electron chi connectivity index (χ4n) is 2.94. The average Bonchev–Trinajstić information content (AvgIpc) is 2.73. The Labute approximate surface area is 188 Å². The molecule has 1 atom stereocenters. The fraction of sp³-hybridized carbons (Fsp3) is 0.360. The number of ether oxygens (including phenoxy) is 1. The van der Waals surface area contributed by atoms with Gasteiger partial charge in [0.1, 0.15) is 0 Å². The minimum absolute atomic E-state index is 0.00407. The van der Waals surface area contributed by atoms with Crippen molar-refractivity contribution in [2.75, 3.05) is 11.9 Å². The van der Waals surface area contributed by atoms with E-state index in [9.17, 15) is 19.2 Å². The van der Waals surface area contributed by atoms with Gasteiger partial charge in [0.15, 0.2) is 11.9 Å². The molecule has 0 fully saturated rings. The number of anilines is 1. The van der Waals surface area contributed by atoms with Gasteiger partial charge in [0, 0.05) is 17.7 Å². The Morgan fingerprint density at radius 3 is 2.19 bits per heavy atom. The van der Waals surface area contributed by atoms with Gasteiger partial charge in [-0.3, -0.25) is 19.2 Å². The molecule has 170 valence electrons. The van der Waals surface area contributed by atoms with Gasteiger partial charge in [0.05, 0.1) is 12.1 Å². The predicted molar refractivity (Wildman–Crippen MR) is 123 cm³/mol. The molecule has 0 bridgehead atoms. The molecule has 0 saturated heterocycles. The third-order valence-corrected chi connectivity index (χ3v) is 4.87. The highest BCUT2D eigenvalue weighted by Crippen LogP contribution is 2.22. The topological polar surface area (TPSA) is 102 Å². The van der Waals surface area contributed by atoms with Crippen molar-refractivity contribution in [3.05, 3.63) is 65.2 Å². The molecule has 7 heteroatoms. The molecule has 0 aliphatic rings. The maximum atomic E-state index is 12.3. The van der Waals surface area contributed by atoms with Gasteiger partial charge < -0.3 is 15.4 Å². The van der Waals surface area contributed by atoms with E-state index in [1.807, 2.05) is 12.1 Å². The summed E-state index contributed by atoms with van der Waals surface area (Å²) < 4.78 is 5.14. The summed E-state index contributed by atoms with van der Waals surface area (Å²) in [4.78, 5) is 48.3. The SMILES string of the molecule is CC(=O)c1ccccc1NC(=O)C(C)OC(=O)CCNC(=O)c1ccc(C(C)(C)C)cc1. The van der Waals surface area contributed by atoms with E-state index in [0.717, 1.165) is 5.56 Å². The van der Waals surface area contributed by atoms with Crippen LogP contribution in [0, 0.1) is 0 Å². The van der Waals surface area contributed by atoms with Crippen LogP contribution in [0.15, 0.2) is 48.5 Å². The minimum atomic E-state index is -1.05. The third-order valence-electron chi connectivity index (χ3n) is 4.87. The van der Waals surface area contributed by atoms with Crippen LogP contribution in [0.2, 0.25) is 0 Å². The zero-order chi connectivity index (χ0) is 23.9. The lowest BCUT2D eigenvalue weighted by Crippen LogP contribution is -2.32. The zero-order valence-electron chi connectivity index (χ0n) is 19.2. The molecule has 0 aliphatic carbocycles. The number of para-hydroxylation sites is 1. The van der Waals surface area contributed by atoms with Crippen LogP contribution in [0.5, 0.6) is 0 Å². The fourth-order valence-corrected chi connectivity index (χ4v) is 2.94. The van der Waals surface area contributed by atoms with Gasteiger partial charge in [-0.1, -0.05) is 45.0 Å². The molecule has 0 spiro atoms. The van der Waals surface area contributed by atoms with Crippen molar-refractivity contribution in [3.63, 3.8) is 0 Å². The lowest BCUT2D eigenvalue weighted by atomic mass is 9.87. The molecule has 0 aromatic heterocycles. The number of Topliss-reactive ketones (excluding diaryl/α,β-unsaturated/α-hetero) is 1. The largest absolute Gasteiger partial charge is 0.452 e. The average molecular weight is 439 g/mol. The lowest BCUT2D eigenvalue weighted by molar-refractivity contribution is -0.153. The maximum absolute atomic E-state index is 12.3. The van der Waals surface area contributed by atoms with Crippen molar-refractivity contribution in [1.29, 1.82) is 0 Å². The van der Waals surface area contributed by atoms with Gasteiger partial charge >= 0.3 is 5.97 Å². The third kappa shape index (κ3) is 7.04. The molecule has 0 heterocycles. The summed E-state index contributed by atoms with van der Waals surface area (Å²) in [6.45, 7) is 9.21. The molecule has 0 radical (unpaired) electrons. The van der Waals surface area contributed by atoms with Gasteiger partial charge in [-0.2, -0.15) is 0 Å². The molecule has 0 saturated carbocycles. The van der Waals surface area contributed by atoms with E-state index in [1.54, 1.807) is 36.4 Å². The van der Waals surface area contributed by atoms with Gasteiger partial charge in [-0.05, 0) is 49.1 Å². The highest BCUT2D eigenvalue weighted by atomic mass is 16.5. The van der Waals surface area contributed by atoms with Gasteiger partial charge in [0.25, 0.3) is 11.8 Å². The van der Waals surface area contributed by atoms with Crippen molar-refractivity contribution in [2.24, 2.45) is 0 Å². The standard InChI is InChI=1S/C25H30N2O5/c1-16(28)20-8-6-7-9-21(20)27-23(30)17(2)32-22(29)14-15-26-24(31)18-10-12-19(13-11-18)25(3,4)5/h6-13,17H,14-15H2,1-5H3,(H,26,31)(H,27,30). The summed E-state index contributed by atoms with van der Waals surface area (Å²) in [6, 6.07) is 13.9. The van der Waals surface area contributed by atoms with E-state index in [4.69, 9.17) is 4.74 Å².